The molecule has 0 aliphatic heterocycles. The van der Waals surface area contributed by atoms with Crippen LogP contribution < -0.4 is 11.5 Å². The highest BCUT2D eigenvalue weighted by molar-refractivity contribution is 7.19. The summed E-state index contributed by atoms with van der Waals surface area (Å²) in [4.78, 5) is 9.26. The van der Waals surface area contributed by atoms with Gasteiger partial charge in [0.15, 0.2) is 0 Å². The average Bonchev–Trinajstić information content (AvgIpc) is 2.47. The summed E-state index contributed by atoms with van der Waals surface area (Å²) >= 11 is 1.63. The summed E-state index contributed by atoms with van der Waals surface area (Å²) in [7, 11) is 0. The summed E-state index contributed by atoms with van der Waals surface area (Å²) in [6, 6.07) is 2.01. The first-order valence-electron chi connectivity index (χ1n) is 4.02. The predicted molar refractivity (Wildman–Crippen MR) is 55.6 cm³/mol. The second-order valence-corrected chi connectivity index (χ2v) is 3.88. The minimum atomic E-state index is 0.241. The molecule has 13 heavy (non-hydrogen) atoms. The van der Waals surface area contributed by atoms with E-state index in [-0.39, 0.29) is 5.95 Å². The Hall–Kier alpha value is -1.36. The van der Waals surface area contributed by atoms with Crippen molar-refractivity contribution in [2.75, 3.05) is 11.5 Å². The molecule has 2 heterocycles. The lowest BCUT2D eigenvalue weighted by Gasteiger charge is -1.95. The first-order valence-corrected chi connectivity index (χ1v) is 4.83. The largest absolute Gasteiger partial charge is 0.382 e. The number of nitrogen functional groups attached to an aromatic ring is 2. The smallest absolute Gasteiger partial charge is 0.222 e. The fourth-order valence-corrected chi connectivity index (χ4v) is 2.13. The Morgan fingerprint density at radius 1 is 1.38 bits per heavy atom. The minimum Gasteiger partial charge on any atom is -0.382 e. The van der Waals surface area contributed by atoms with Crippen molar-refractivity contribution < 1.29 is 0 Å². The Morgan fingerprint density at radius 2 is 2.15 bits per heavy atom. The summed E-state index contributed by atoms with van der Waals surface area (Å²) in [5, 5.41) is 0. The third-order valence-electron chi connectivity index (χ3n) is 1.81. The summed E-state index contributed by atoms with van der Waals surface area (Å²) in [6.45, 7) is 2.09. The van der Waals surface area contributed by atoms with Gasteiger partial charge in [-0.15, -0.1) is 11.3 Å². The monoisotopic (exact) mass is 194 g/mol. The van der Waals surface area contributed by atoms with Gasteiger partial charge in [0.1, 0.15) is 5.82 Å². The SMILES string of the molecule is CCc1cc2nc(N)nc(N)c2s1. The summed E-state index contributed by atoms with van der Waals surface area (Å²) in [5.74, 6) is 0.720. The molecule has 5 heteroatoms. The van der Waals surface area contributed by atoms with Crippen molar-refractivity contribution in [1.82, 2.24) is 9.97 Å². The van der Waals surface area contributed by atoms with Gasteiger partial charge >= 0.3 is 0 Å². The molecule has 4 N–H and O–H groups in total. The van der Waals surface area contributed by atoms with E-state index in [1.165, 1.54) is 4.88 Å². The Labute approximate surface area is 79.6 Å². The molecule has 2 aromatic rings. The quantitative estimate of drug-likeness (QED) is 0.719. The van der Waals surface area contributed by atoms with Crippen molar-refractivity contribution in [2.24, 2.45) is 0 Å². The number of fused-ring (bicyclic) bond motifs is 1. The molecule has 68 valence electrons. The number of nitrogens with two attached hydrogens (primary N) is 2. The first-order chi connectivity index (χ1) is 6.20. The number of hydrogen-bond acceptors (Lipinski definition) is 5. The molecular formula is C8H10N4S. The van der Waals surface area contributed by atoms with Gasteiger partial charge in [0, 0.05) is 4.88 Å². The lowest BCUT2D eigenvalue weighted by Crippen LogP contribution is -1.98. The minimum absolute atomic E-state index is 0.241. The van der Waals surface area contributed by atoms with Crippen molar-refractivity contribution in [3.8, 4) is 0 Å². The Bertz CT molecular complexity index is 449. The Balaban J connectivity index is 2.75. The van der Waals surface area contributed by atoms with Gasteiger partial charge in [-0.3, -0.25) is 0 Å². The zero-order valence-electron chi connectivity index (χ0n) is 7.24. The molecule has 2 rings (SSSR count). The van der Waals surface area contributed by atoms with Crippen LogP contribution in [0.2, 0.25) is 0 Å². The molecule has 0 aliphatic carbocycles. The predicted octanol–water partition coefficient (Wildman–Crippen LogP) is 1.42. The van der Waals surface area contributed by atoms with Crippen LogP contribution in [0.3, 0.4) is 0 Å². The zero-order valence-corrected chi connectivity index (χ0v) is 8.06. The highest BCUT2D eigenvalue weighted by atomic mass is 32.1. The molecule has 0 radical (unpaired) electrons. The normalized spacial score (nSPS) is 10.8. The van der Waals surface area contributed by atoms with Crippen LogP contribution in [-0.2, 0) is 6.42 Å². The molecule has 0 fully saturated rings. The van der Waals surface area contributed by atoms with Crippen LogP contribution in [0, 0.1) is 0 Å². The molecule has 2 aromatic heterocycles. The lowest BCUT2D eigenvalue weighted by molar-refractivity contribution is 1.18. The van der Waals surface area contributed by atoms with E-state index in [9.17, 15) is 0 Å². The van der Waals surface area contributed by atoms with Crippen molar-refractivity contribution in [1.29, 1.82) is 0 Å². The van der Waals surface area contributed by atoms with Gasteiger partial charge in [-0.05, 0) is 12.5 Å². The highest BCUT2D eigenvalue weighted by Gasteiger charge is 2.06. The summed E-state index contributed by atoms with van der Waals surface area (Å²) in [5.41, 5.74) is 12.0. The third kappa shape index (κ3) is 1.31. The molecule has 0 spiro atoms. The standard InChI is InChI=1S/C8H10N4S/c1-2-4-3-5-6(13-4)7(9)12-8(10)11-5/h3H,2H2,1H3,(H4,9,10,11,12). The van der Waals surface area contributed by atoms with Gasteiger partial charge in [-0.25, -0.2) is 4.98 Å². The van der Waals surface area contributed by atoms with E-state index in [1.54, 1.807) is 11.3 Å². The molecule has 0 atom stereocenters. The number of rotatable bonds is 1. The van der Waals surface area contributed by atoms with Crippen LogP contribution in [0.25, 0.3) is 10.2 Å². The van der Waals surface area contributed by atoms with E-state index in [0.29, 0.717) is 5.82 Å². The maximum Gasteiger partial charge on any atom is 0.222 e. The van der Waals surface area contributed by atoms with E-state index < -0.39 is 0 Å². The van der Waals surface area contributed by atoms with E-state index >= 15 is 0 Å². The topological polar surface area (TPSA) is 77.8 Å². The second-order valence-electron chi connectivity index (χ2n) is 2.75. The van der Waals surface area contributed by atoms with Gasteiger partial charge in [0.05, 0.1) is 10.2 Å². The van der Waals surface area contributed by atoms with Gasteiger partial charge in [-0.1, -0.05) is 6.92 Å². The highest BCUT2D eigenvalue weighted by Crippen LogP contribution is 2.28. The van der Waals surface area contributed by atoms with Crippen molar-refractivity contribution in [2.45, 2.75) is 13.3 Å². The average molecular weight is 194 g/mol. The zero-order chi connectivity index (χ0) is 9.42. The molecule has 4 nitrogen and oxygen atoms in total. The maximum absolute atomic E-state index is 5.70. The second kappa shape index (κ2) is 2.85. The van der Waals surface area contributed by atoms with E-state index in [4.69, 9.17) is 11.5 Å². The maximum atomic E-state index is 5.70. The summed E-state index contributed by atoms with van der Waals surface area (Å²) in [6.07, 6.45) is 0.986. The van der Waals surface area contributed by atoms with Crippen LogP contribution >= 0.6 is 11.3 Å². The summed E-state index contributed by atoms with van der Waals surface area (Å²) < 4.78 is 0.936. The van der Waals surface area contributed by atoms with Crippen LogP contribution in [-0.4, -0.2) is 9.97 Å². The molecule has 0 saturated heterocycles. The van der Waals surface area contributed by atoms with Crippen LogP contribution in [0.15, 0.2) is 6.07 Å². The molecular weight excluding hydrogens is 184 g/mol. The van der Waals surface area contributed by atoms with Crippen LogP contribution in [0.5, 0.6) is 0 Å². The number of aromatic nitrogens is 2. The van der Waals surface area contributed by atoms with Gasteiger partial charge < -0.3 is 11.5 Å². The Morgan fingerprint density at radius 3 is 2.85 bits per heavy atom. The van der Waals surface area contributed by atoms with Gasteiger partial charge in [0.25, 0.3) is 0 Å². The van der Waals surface area contributed by atoms with Crippen molar-refractivity contribution >= 4 is 33.3 Å². The van der Waals surface area contributed by atoms with Gasteiger partial charge in [0.2, 0.25) is 5.95 Å². The van der Waals surface area contributed by atoms with Gasteiger partial charge in [-0.2, -0.15) is 4.98 Å². The molecule has 0 aromatic carbocycles. The number of nitrogens with zero attached hydrogens (tertiary/aromatic N) is 2. The fraction of sp³-hybridized carbons (Fsp3) is 0.250. The number of anilines is 2. The fourth-order valence-electron chi connectivity index (χ4n) is 1.19. The van der Waals surface area contributed by atoms with E-state index in [1.807, 2.05) is 6.07 Å². The van der Waals surface area contributed by atoms with Crippen LogP contribution in [0.4, 0.5) is 11.8 Å². The number of hydrogen-bond donors (Lipinski definition) is 2. The van der Waals surface area contributed by atoms with Crippen molar-refractivity contribution in [3.63, 3.8) is 0 Å². The van der Waals surface area contributed by atoms with Crippen molar-refractivity contribution in [3.05, 3.63) is 10.9 Å². The molecule has 0 unspecified atom stereocenters. The lowest BCUT2D eigenvalue weighted by atomic mass is 10.3. The molecule has 0 saturated carbocycles. The van der Waals surface area contributed by atoms with E-state index in [0.717, 1.165) is 16.6 Å². The number of aryl methyl sites for hydroxylation is 1. The molecule has 0 bridgehead atoms. The molecule has 0 aliphatic rings. The van der Waals surface area contributed by atoms with Crippen LogP contribution in [0.1, 0.15) is 11.8 Å². The third-order valence-corrected chi connectivity index (χ3v) is 3.11. The molecule has 0 amide bonds. The Kier molecular flexibility index (Phi) is 1.81. The number of thiophene rings is 1. The first kappa shape index (κ1) is 8.25. The van der Waals surface area contributed by atoms with E-state index in [2.05, 4.69) is 16.9 Å².